The summed E-state index contributed by atoms with van der Waals surface area (Å²) in [6, 6.07) is 10.0. The van der Waals surface area contributed by atoms with E-state index in [2.05, 4.69) is 17.2 Å². The molecule has 2 aliphatic heterocycles. The molecule has 152 valence electrons. The highest BCUT2D eigenvalue weighted by Gasteiger charge is 2.45. The smallest absolute Gasteiger partial charge is 0.255 e. The van der Waals surface area contributed by atoms with Gasteiger partial charge in [-0.2, -0.15) is 0 Å². The third-order valence-electron chi connectivity index (χ3n) is 6.14. The Hall–Kier alpha value is -2.76. The molecule has 2 atom stereocenters. The highest BCUT2D eigenvalue weighted by Crippen LogP contribution is 2.34. The molecule has 0 unspecified atom stereocenters. The number of fused-ring (bicyclic) bond motifs is 1. The SMILES string of the molecule is C[C@]12CCCN(C(=O)c3ccc(Cc4ccc(F)cc4)nc3)[C@H]1CCCC(=O)N2. The minimum absolute atomic E-state index is 0.00842. The predicted molar refractivity (Wildman–Crippen MR) is 108 cm³/mol. The van der Waals surface area contributed by atoms with E-state index < -0.39 is 0 Å². The second kappa shape index (κ2) is 7.93. The fraction of sp³-hybridized carbons (Fsp3) is 0.435. The molecule has 3 heterocycles. The van der Waals surface area contributed by atoms with Gasteiger partial charge in [-0.3, -0.25) is 14.6 Å². The van der Waals surface area contributed by atoms with Crippen molar-refractivity contribution in [1.82, 2.24) is 15.2 Å². The topological polar surface area (TPSA) is 62.3 Å². The lowest BCUT2D eigenvalue weighted by Crippen LogP contribution is -2.63. The first-order valence-electron chi connectivity index (χ1n) is 10.3. The zero-order chi connectivity index (χ0) is 20.4. The highest BCUT2D eigenvalue weighted by molar-refractivity contribution is 5.94. The fourth-order valence-electron chi connectivity index (χ4n) is 4.62. The molecule has 0 spiro atoms. The Morgan fingerprint density at radius 1 is 1.24 bits per heavy atom. The van der Waals surface area contributed by atoms with E-state index in [0.717, 1.165) is 36.9 Å². The largest absolute Gasteiger partial charge is 0.349 e. The number of carbonyl (C=O) groups is 2. The summed E-state index contributed by atoms with van der Waals surface area (Å²) < 4.78 is 13.1. The molecular formula is C23H26FN3O2. The monoisotopic (exact) mass is 395 g/mol. The van der Waals surface area contributed by atoms with Gasteiger partial charge >= 0.3 is 0 Å². The van der Waals surface area contributed by atoms with Gasteiger partial charge in [0.1, 0.15) is 5.82 Å². The lowest BCUT2D eigenvalue weighted by molar-refractivity contribution is -0.123. The second-order valence-corrected chi connectivity index (χ2v) is 8.32. The van der Waals surface area contributed by atoms with Crippen molar-refractivity contribution in [2.45, 2.75) is 57.0 Å². The molecule has 5 nitrogen and oxygen atoms in total. The quantitative estimate of drug-likeness (QED) is 0.866. The standard InChI is InChI=1S/C23H26FN3O2/c1-23-12-3-13-27(20(23)4-2-5-21(28)26-23)22(29)17-8-11-19(25-15-17)14-16-6-9-18(24)10-7-16/h6-11,15,20H,2-5,12-14H2,1H3,(H,26,28)/t20-,23-/m0/s1. The Balaban J connectivity index is 1.50. The number of piperidine rings is 1. The lowest BCUT2D eigenvalue weighted by atomic mass is 9.81. The zero-order valence-corrected chi connectivity index (χ0v) is 16.7. The molecule has 4 rings (SSSR count). The maximum absolute atomic E-state index is 13.2. The number of benzene rings is 1. The van der Waals surface area contributed by atoms with Crippen molar-refractivity contribution >= 4 is 11.8 Å². The zero-order valence-electron chi connectivity index (χ0n) is 16.7. The summed E-state index contributed by atoms with van der Waals surface area (Å²) in [6.07, 6.45) is 6.13. The van der Waals surface area contributed by atoms with E-state index in [1.54, 1.807) is 18.3 Å². The number of likely N-dealkylation sites (tertiary alicyclic amines) is 1. The van der Waals surface area contributed by atoms with Crippen molar-refractivity contribution in [2.24, 2.45) is 0 Å². The van der Waals surface area contributed by atoms with Gasteiger partial charge in [-0.05, 0) is 62.4 Å². The number of carbonyl (C=O) groups excluding carboxylic acids is 2. The van der Waals surface area contributed by atoms with E-state index in [1.807, 2.05) is 17.0 Å². The average Bonchev–Trinajstić information content (AvgIpc) is 2.86. The maximum Gasteiger partial charge on any atom is 0.255 e. The van der Waals surface area contributed by atoms with E-state index in [4.69, 9.17) is 0 Å². The number of hydrogen-bond acceptors (Lipinski definition) is 3. The molecule has 2 fully saturated rings. The van der Waals surface area contributed by atoms with Gasteiger partial charge in [-0.1, -0.05) is 12.1 Å². The van der Waals surface area contributed by atoms with Gasteiger partial charge < -0.3 is 10.2 Å². The van der Waals surface area contributed by atoms with Crippen LogP contribution in [0.25, 0.3) is 0 Å². The van der Waals surface area contributed by atoms with Gasteiger partial charge in [-0.25, -0.2) is 4.39 Å². The van der Waals surface area contributed by atoms with Crippen LogP contribution in [0.4, 0.5) is 4.39 Å². The van der Waals surface area contributed by atoms with Crippen molar-refractivity contribution < 1.29 is 14.0 Å². The minimum Gasteiger partial charge on any atom is -0.349 e. The summed E-state index contributed by atoms with van der Waals surface area (Å²) in [6.45, 7) is 2.76. The Morgan fingerprint density at radius 3 is 2.76 bits per heavy atom. The summed E-state index contributed by atoms with van der Waals surface area (Å²) >= 11 is 0. The van der Waals surface area contributed by atoms with Crippen molar-refractivity contribution in [3.63, 3.8) is 0 Å². The number of halogens is 1. The van der Waals surface area contributed by atoms with Crippen LogP contribution in [0.3, 0.4) is 0 Å². The second-order valence-electron chi connectivity index (χ2n) is 8.32. The maximum atomic E-state index is 13.2. The van der Waals surface area contributed by atoms with Gasteiger partial charge in [0.25, 0.3) is 5.91 Å². The first-order valence-corrected chi connectivity index (χ1v) is 10.3. The summed E-state index contributed by atoms with van der Waals surface area (Å²) in [5.74, 6) is -0.208. The Kier molecular flexibility index (Phi) is 5.35. The van der Waals surface area contributed by atoms with Gasteiger partial charge in [0, 0.05) is 31.3 Å². The number of amides is 2. The minimum atomic E-state index is -0.364. The van der Waals surface area contributed by atoms with Gasteiger partial charge in [-0.15, -0.1) is 0 Å². The molecule has 1 aromatic carbocycles. The van der Waals surface area contributed by atoms with Crippen LogP contribution in [0.1, 0.15) is 60.6 Å². The van der Waals surface area contributed by atoms with E-state index in [9.17, 15) is 14.0 Å². The first kappa shape index (κ1) is 19.6. The molecule has 1 aromatic heterocycles. The third kappa shape index (κ3) is 4.16. The Morgan fingerprint density at radius 2 is 2.03 bits per heavy atom. The first-order chi connectivity index (χ1) is 13.9. The van der Waals surface area contributed by atoms with Crippen LogP contribution in [0, 0.1) is 5.82 Å². The lowest BCUT2D eigenvalue weighted by Gasteiger charge is -2.47. The van der Waals surface area contributed by atoms with Crippen molar-refractivity contribution in [1.29, 1.82) is 0 Å². The van der Waals surface area contributed by atoms with E-state index in [1.165, 1.54) is 12.1 Å². The molecule has 0 bridgehead atoms. The number of aromatic nitrogens is 1. The van der Waals surface area contributed by atoms with Crippen LogP contribution in [0.5, 0.6) is 0 Å². The van der Waals surface area contributed by atoms with Crippen molar-refractivity contribution in [3.05, 3.63) is 65.2 Å². The number of hydrogen-bond donors (Lipinski definition) is 1. The van der Waals surface area contributed by atoms with Crippen LogP contribution in [0.15, 0.2) is 42.6 Å². The fourth-order valence-corrected chi connectivity index (χ4v) is 4.62. The highest BCUT2D eigenvalue weighted by atomic mass is 19.1. The third-order valence-corrected chi connectivity index (χ3v) is 6.14. The molecule has 6 heteroatoms. The summed E-state index contributed by atoms with van der Waals surface area (Å²) in [7, 11) is 0. The molecule has 2 aromatic rings. The van der Waals surface area contributed by atoms with Gasteiger partial charge in [0.05, 0.1) is 17.1 Å². The van der Waals surface area contributed by atoms with Gasteiger partial charge in [0.2, 0.25) is 5.91 Å². The normalized spacial score (nSPS) is 24.4. The average molecular weight is 395 g/mol. The van der Waals surface area contributed by atoms with Gasteiger partial charge in [0.15, 0.2) is 0 Å². The number of pyridine rings is 1. The molecule has 0 radical (unpaired) electrons. The van der Waals surface area contributed by atoms with Crippen LogP contribution < -0.4 is 5.32 Å². The molecule has 0 saturated carbocycles. The molecule has 2 aliphatic rings. The predicted octanol–water partition coefficient (Wildman–Crippen LogP) is 3.47. The summed E-state index contributed by atoms with van der Waals surface area (Å²) in [5, 5.41) is 3.16. The molecule has 1 N–H and O–H groups in total. The van der Waals surface area contributed by atoms with Crippen LogP contribution in [-0.4, -0.2) is 39.8 Å². The van der Waals surface area contributed by atoms with Crippen molar-refractivity contribution in [3.8, 4) is 0 Å². The molecule has 0 aliphatic carbocycles. The van der Waals surface area contributed by atoms with Crippen LogP contribution in [0.2, 0.25) is 0 Å². The Labute approximate surface area is 170 Å². The summed E-state index contributed by atoms with van der Waals surface area (Å²) in [5.41, 5.74) is 2.00. The molecule has 2 saturated heterocycles. The molecular weight excluding hydrogens is 369 g/mol. The van der Waals surface area contributed by atoms with E-state index >= 15 is 0 Å². The Bertz CT molecular complexity index is 897. The van der Waals surface area contributed by atoms with Crippen molar-refractivity contribution in [2.75, 3.05) is 6.54 Å². The van der Waals surface area contributed by atoms with Crippen LogP contribution in [-0.2, 0) is 11.2 Å². The molecule has 29 heavy (non-hydrogen) atoms. The van der Waals surface area contributed by atoms with Crippen LogP contribution >= 0.6 is 0 Å². The number of nitrogens with zero attached hydrogens (tertiary/aromatic N) is 2. The molecule has 2 amide bonds. The number of rotatable bonds is 3. The summed E-state index contributed by atoms with van der Waals surface area (Å²) in [4.78, 5) is 31.7. The van der Waals surface area contributed by atoms with E-state index in [0.29, 0.717) is 24.9 Å². The number of nitrogens with one attached hydrogen (secondary N) is 1. The van der Waals surface area contributed by atoms with E-state index in [-0.39, 0.29) is 29.2 Å².